The van der Waals surface area contributed by atoms with Crippen LogP contribution >= 0.6 is 23.2 Å². The lowest BCUT2D eigenvalue weighted by Gasteiger charge is -2.26. The van der Waals surface area contributed by atoms with Gasteiger partial charge in [0.2, 0.25) is 5.62 Å². The number of aromatic nitrogens is 2. The monoisotopic (exact) mass is 432 g/mol. The lowest BCUT2D eigenvalue weighted by Crippen LogP contribution is -2.39. The number of hydrogen-bond acceptors (Lipinski definition) is 4. The summed E-state index contributed by atoms with van der Waals surface area (Å²) in [4.78, 5) is 15.2. The highest BCUT2D eigenvalue weighted by molar-refractivity contribution is 6.42. The van der Waals surface area contributed by atoms with Gasteiger partial charge in [-0.15, -0.1) is 0 Å². The smallest absolute Gasteiger partial charge is 0.203 e. The third-order valence-electron chi connectivity index (χ3n) is 5.26. The number of para-hydroxylation sites is 2. The number of rotatable bonds is 6. The molecule has 1 saturated heterocycles. The molecule has 1 aliphatic heterocycles. The summed E-state index contributed by atoms with van der Waals surface area (Å²) in [6.07, 6.45) is 0. The Morgan fingerprint density at radius 1 is 0.966 bits per heavy atom. The highest BCUT2D eigenvalue weighted by Gasteiger charge is 2.17. The molecule has 2 heterocycles. The minimum Gasteiger partial charge on any atom is -0.379 e. The van der Waals surface area contributed by atoms with Crippen LogP contribution in [0.1, 0.15) is 10.4 Å². The molecule has 152 valence electrons. The van der Waals surface area contributed by atoms with Crippen molar-refractivity contribution in [3.8, 4) is 0 Å². The van der Waals surface area contributed by atoms with Crippen LogP contribution in [0.25, 0.3) is 11.0 Å². The molecule has 2 aromatic carbocycles. The summed E-state index contributed by atoms with van der Waals surface area (Å²) in [5.74, 6) is -0.113. The highest BCUT2D eigenvalue weighted by atomic mass is 35.5. The second-order valence-corrected chi connectivity index (χ2v) is 7.87. The van der Waals surface area contributed by atoms with Gasteiger partial charge in [0.15, 0.2) is 5.78 Å². The largest absolute Gasteiger partial charge is 0.379 e. The van der Waals surface area contributed by atoms with Crippen LogP contribution in [-0.4, -0.2) is 52.7 Å². The van der Waals surface area contributed by atoms with E-state index >= 15 is 0 Å². The topological polar surface area (TPSA) is 63.2 Å². The van der Waals surface area contributed by atoms with Crippen molar-refractivity contribution in [3.63, 3.8) is 0 Å². The predicted octanol–water partition coefficient (Wildman–Crippen LogP) is 3.44. The fourth-order valence-electron chi connectivity index (χ4n) is 3.65. The molecule has 1 N–H and O–H groups in total. The zero-order valence-electron chi connectivity index (χ0n) is 15.9. The Balaban J connectivity index is 1.62. The van der Waals surface area contributed by atoms with Gasteiger partial charge in [-0.2, -0.15) is 0 Å². The molecule has 3 aromatic rings. The number of morpholine rings is 1. The Morgan fingerprint density at radius 2 is 1.66 bits per heavy atom. The first kappa shape index (κ1) is 20.2. The van der Waals surface area contributed by atoms with Gasteiger partial charge in [-0.1, -0.05) is 35.3 Å². The summed E-state index contributed by atoms with van der Waals surface area (Å²) in [6.45, 7) is 4.91. The van der Waals surface area contributed by atoms with Gasteiger partial charge in [-0.25, -0.2) is 0 Å². The average molecular weight is 433 g/mol. The molecule has 29 heavy (non-hydrogen) atoms. The third kappa shape index (κ3) is 4.26. The van der Waals surface area contributed by atoms with E-state index in [1.807, 2.05) is 28.8 Å². The van der Waals surface area contributed by atoms with E-state index in [1.54, 1.807) is 22.8 Å². The van der Waals surface area contributed by atoms with Gasteiger partial charge in [0.25, 0.3) is 0 Å². The van der Waals surface area contributed by atoms with Crippen molar-refractivity contribution < 1.29 is 9.53 Å². The van der Waals surface area contributed by atoms with E-state index in [0.29, 0.717) is 27.8 Å². The second-order valence-electron chi connectivity index (χ2n) is 7.06. The Kier molecular flexibility index (Phi) is 6.06. The van der Waals surface area contributed by atoms with E-state index in [4.69, 9.17) is 33.3 Å². The van der Waals surface area contributed by atoms with Crippen LogP contribution in [0.3, 0.4) is 0 Å². The van der Waals surface area contributed by atoms with Crippen LogP contribution < -0.4 is 5.62 Å². The van der Waals surface area contributed by atoms with Crippen molar-refractivity contribution in [2.45, 2.75) is 13.1 Å². The van der Waals surface area contributed by atoms with E-state index < -0.39 is 0 Å². The number of imidazole rings is 1. The molecule has 0 aliphatic carbocycles. The zero-order valence-corrected chi connectivity index (χ0v) is 17.4. The lowest BCUT2D eigenvalue weighted by molar-refractivity contribution is 0.0363. The highest BCUT2D eigenvalue weighted by Crippen LogP contribution is 2.23. The van der Waals surface area contributed by atoms with Gasteiger partial charge in [-0.05, 0) is 30.3 Å². The number of Topliss-reactive ketones (excluding diaryl/α,β-unsaturated/α-hetero) is 1. The Morgan fingerprint density at radius 3 is 2.34 bits per heavy atom. The summed E-state index contributed by atoms with van der Waals surface area (Å²) in [5, 5.41) is 9.47. The SMILES string of the molecule is N=c1n(CCN2CCOCC2)c2ccccc2n1CC(=O)c1ccc(Cl)c(Cl)c1. The summed E-state index contributed by atoms with van der Waals surface area (Å²) in [6, 6.07) is 12.7. The van der Waals surface area contributed by atoms with E-state index in [1.165, 1.54) is 0 Å². The maximum atomic E-state index is 12.9. The van der Waals surface area contributed by atoms with Crippen molar-refractivity contribution in [1.82, 2.24) is 14.0 Å². The van der Waals surface area contributed by atoms with Gasteiger partial charge in [0.05, 0.1) is 40.8 Å². The summed E-state index contributed by atoms with van der Waals surface area (Å²) in [5.41, 5.74) is 2.62. The molecule has 0 amide bonds. The number of ketones is 1. The van der Waals surface area contributed by atoms with Crippen LogP contribution in [0.4, 0.5) is 0 Å². The lowest BCUT2D eigenvalue weighted by atomic mass is 10.1. The normalized spacial score (nSPS) is 15.1. The molecule has 1 fully saturated rings. The zero-order chi connectivity index (χ0) is 20.4. The molecule has 6 nitrogen and oxygen atoms in total. The Labute approximate surface area is 178 Å². The number of hydrogen-bond donors (Lipinski definition) is 1. The molecular weight excluding hydrogens is 411 g/mol. The maximum Gasteiger partial charge on any atom is 0.203 e. The first-order chi connectivity index (χ1) is 14.0. The number of fused-ring (bicyclic) bond motifs is 1. The number of nitrogens with one attached hydrogen (secondary N) is 1. The van der Waals surface area contributed by atoms with Crippen LogP contribution in [0.5, 0.6) is 0 Å². The number of carbonyl (C=O) groups excluding carboxylic acids is 1. The molecule has 0 radical (unpaired) electrons. The van der Waals surface area contributed by atoms with Crippen molar-refractivity contribution >= 4 is 40.0 Å². The van der Waals surface area contributed by atoms with E-state index in [-0.39, 0.29) is 12.3 Å². The Bertz CT molecular complexity index is 1100. The first-order valence-electron chi connectivity index (χ1n) is 9.55. The van der Waals surface area contributed by atoms with E-state index in [0.717, 1.165) is 43.9 Å². The molecule has 0 unspecified atom stereocenters. The van der Waals surface area contributed by atoms with Gasteiger partial charge in [0, 0.05) is 31.7 Å². The van der Waals surface area contributed by atoms with Crippen molar-refractivity contribution in [3.05, 3.63) is 63.7 Å². The number of benzene rings is 2. The number of halogens is 2. The number of carbonyl (C=O) groups is 1. The predicted molar refractivity (Wildman–Crippen MR) is 114 cm³/mol. The third-order valence-corrected chi connectivity index (χ3v) is 6.00. The molecule has 8 heteroatoms. The summed E-state index contributed by atoms with van der Waals surface area (Å²) in [7, 11) is 0. The Hall–Kier alpha value is -2.12. The van der Waals surface area contributed by atoms with Crippen LogP contribution in [0.15, 0.2) is 42.5 Å². The second kappa shape index (κ2) is 8.71. The van der Waals surface area contributed by atoms with Crippen molar-refractivity contribution in [2.75, 3.05) is 32.8 Å². The van der Waals surface area contributed by atoms with Gasteiger partial charge in [-0.3, -0.25) is 15.1 Å². The van der Waals surface area contributed by atoms with Crippen LogP contribution in [0.2, 0.25) is 10.0 Å². The standard InChI is InChI=1S/C21H22Cl2N4O2/c22-16-6-5-15(13-17(16)23)20(28)14-27-19-4-2-1-3-18(19)26(21(27)24)8-7-25-9-11-29-12-10-25/h1-6,13,24H,7-12,14H2. The molecule has 0 bridgehead atoms. The fraction of sp³-hybridized carbons (Fsp3) is 0.333. The summed E-state index contributed by atoms with van der Waals surface area (Å²) < 4.78 is 9.12. The van der Waals surface area contributed by atoms with Gasteiger partial charge in [0.1, 0.15) is 0 Å². The van der Waals surface area contributed by atoms with E-state index in [9.17, 15) is 4.79 Å². The fourth-order valence-corrected chi connectivity index (χ4v) is 3.95. The van der Waals surface area contributed by atoms with Gasteiger partial charge < -0.3 is 13.9 Å². The molecular formula is C21H22Cl2N4O2. The molecule has 0 atom stereocenters. The van der Waals surface area contributed by atoms with Crippen molar-refractivity contribution in [1.29, 1.82) is 5.41 Å². The first-order valence-corrected chi connectivity index (χ1v) is 10.3. The molecule has 0 spiro atoms. The molecule has 4 rings (SSSR count). The van der Waals surface area contributed by atoms with E-state index in [2.05, 4.69) is 4.90 Å². The number of ether oxygens (including phenoxy) is 1. The minimum atomic E-state index is -0.113. The minimum absolute atomic E-state index is 0.0713. The van der Waals surface area contributed by atoms with Crippen molar-refractivity contribution in [2.24, 2.45) is 0 Å². The molecule has 0 saturated carbocycles. The maximum absolute atomic E-state index is 12.9. The molecule has 1 aromatic heterocycles. The van der Waals surface area contributed by atoms with Gasteiger partial charge >= 0.3 is 0 Å². The number of nitrogens with zero attached hydrogens (tertiary/aromatic N) is 3. The average Bonchev–Trinajstić information content (AvgIpc) is 3.00. The van der Waals surface area contributed by atoms with Crippen LogP contribution in [0, 0.1) is 5.41 Å². The summed E-state index contributed by atoms with van der Waals surface area (Å²) >= 11 is 12.0. The van der Waals surface area contributed by atoms with Crippen LogP contribution in [-0.2, 0) is 17.8 Å². The molecule has 1 aliphatic rings. The quantitative estimate of drug-likeness (QED) is 0.606.